The van der Waals surface area contributed by atoms with Gasteiger partial charge < -0.3 is 23.9 Å². The van der Waals surface area contributed by atoms with Crippen LogP contribution in [-0.4, -0.2) is 49.3 Å². The molecule has 0 aromatic rings. The highest BCUT2D eigenvalue weighted by atomic mass is 28.4. The van der Waals surface area contributed by atoms with Gasteiger partial charge in [-0.15, -0.1) is 6.58 Å². The third-order valence-electron chi connectivity index (χ3n) is 4.00. The third kappa shape index (κ3) is 11.6. The van der Waals surface area contributed by atoms with Crippen molar-refractivity contribution in [2.45, 2.75) is 57.4 Å². The van der Waals surface area contributed by atoms with Gasteiger partial charge in [-0.05, 0) is 25.7 Å². The van der Waals surface area contributed by atoms with Crippen LogP contribution in [0, 0.1) is 0 Å². The zero-order valence-electron chi connectivity index (χ0n) is 15.7. The van der Waals surface area contributed by atoms with Crippen molar-refractivity contribution in [3.8, 4) is 0 Å². The summed E-state index contributed by atoms with van der Waals surface area (Å²) in [6.45, 7) is 5.04. The number of hydrogen-bond acceptors (Lipinski definition) is 4. The average molecular weight is 361 g/mol. The predicted octanol–water partition coefficient (Wildman–Crippen LogP) is 3.47. The summed E-state index contributed by atoms with van der Waals surface area (Å²) in [4.78, 5) is 11.7. The summed E-state index contributed by atoms with van der Waals surface area (Å²) in [6.07, 6.45) is 11.1. The highest BCUT2D eigenvalue weighted by Crippen LogP contribution is 2.14. The second-order valence-electron chi connectivity index (χ2n) is 5.78. The van der Waals surface area contributed by atoms with Gasteiger partial charge in [-0.1, -0.05) is 31.8 Å². The lowest BCUT2D eigenvalue weighted by Crippen LogP contribution is -2.43. The topological polar surface area (TPSA) is 68.8 Å². The molecule has 142 valence electrons. The zero-order chi connectivity index (χ0) is 18.1. The van der Waals surface area contributed by atoms with E-state index >= 15 is 0 Å². The predicted molar refractivity (Wildman–Crippen MR) is 100 cm³/mol. The lowest BCUT2D eigenvalue weighted by molar-refractivity contribution is 0.123. The van der Waals surface area contributed by atoms with Crippen molar-refractivity contribution in [3.05, 3.63) is 12.7 Å². The van der Waals surface area contributed by atoms with Crippen LogP contribution in [0.15, 0.2) is 12.7 Å². The summed E-state index contributed by atoms with van der Waals surface area (Å²) in [5.74, 6) is 0. The molecule has 0 unspecified atom stereocenters. The lowest BCUT2D eigenvalue weighted by atomic mass is 10.1. The quantitative estimate of drug-likeness (QED) is 0.251. The number of hydrogen-bond donors (Lipinski definition) is 2. The summed E-state index contributed by atoms with van der Waals surface area (Å²) >= 11 is 0. The minimum absolute atomic E-state index is 0.111. The molecule has 0 atom stereocenters. The van der Waals surface area contributed by atoms with E-state index in [4.69, 9.17) is 13.3 Å². The summed E-state index contributed by atoms with van der Waals surface area (Å²) in [6, 6.07) is 0.573. The number of amides is 2. The number of unbranched alkanes of at least 4 members (excludes halogenated alkanes) is 6. The SMILES string of the molecule is C=CCCCCCCCCNC(=O)NCCC[Si](OC)(OC)OC. The van der Waals surface area contributed by atoms with Gasteiger partial charge in [0.1, 0.15) is 0 Å². The van der Waals surface area contributed by atoms with Crippen molar-refractivity contribution in [3.63, 3.8) is 0 Å². The number of allylic oxidation sites excluding steroid dienone is 1. The van der Waals surface area contributed by atoms with Crippen LogP contribution in [0.25, 0.3) is 0 Å². The monoisotopic (exact) mass is 360 g/mol. The molecule has 0 fully saturated rings. The van der Waals surface area contributed by atoms with Crippen molar-refractivity contribution < 1.29 is 18.1 Å². The zero-order valence-corrected chi connectivity index (χ0v) is 16.7. The normalized spacial score (nSPS) is 11.3. The van der Waals surface area contributed by atoms with Gasteiger partial charge in [0.2, 0.25) is 0 Å². The van der Waals surface area contributed by atoms with E-state index in [9.17, 15) is 4.79 Å². The Morgan fingerprint density at radius 2 is 1.38 bits per heavy atom. The minimum Gasteiger partial charge on any atom is -0.377 e. The molecular weight excluding hydrogens is 324 g/mol. The van der Waals surface area contributed by atoms with E-state index in [1.54, 1.807) is 21.3 Å². The number of urea groups is 1. The van der Waals surface area contributed by atoms with Crippen molar-refractivity contribution in [1.82, 2.24) is 10.6 Å². The van der Waals surface area contributed by atoms with E-state index in [-0.39, 0.29) is 6.03 Å². The Kier molecular flexibility index (Phi) is 15.0. The van der Waals surface area contributed by atoms with E-state index < -0.39 is 8.80 Å². The van der Waals surface area contributed by atoms with Crippen molar-refractivity contribution >= 4 is 14.8 Å². The molecule has 7 heteroatoms. The van der Waals surface area contributed by atoms with Crippen LogP contribution >= 0.6 is 0 Å². The number of carbonyl (C=O) groups excluding carboxylic acids is 1. The van der Waals surface area contributed by atoms with Crippen LogP contribution < -0.4 is 10.6 Å². The molecule has 0 radical (unpaired) electrons. The smallest absolute Gasteiger partial charge is 0.377 e. The van der Waals surface area contributed by atoms with Gasteiger partial charge in [0.05, 0.1) is 0 Å². The van der Waals surface area contributed by atoms with Crippen molar-refractivity contribution in [1.29, 1.82) is 0 Å². The molecule has 0 aromatic heterocycles. The Morgan fingerprint density at radius 1 is 0.875 bits per heavy atom. The Hall–Kier alpha value is -0.893. The second kappa shape index (κ2) is 15.6. The molecule has 6 nitrogen and oxygen atoms in total. The fourth-order valence-corrected chi connectivity index (χ4v) is 4.17. The highest BCUT2D eigenvalue weighted by Gasteiger charge is 2.36. The second-order valence-corrected chi connectivity index (χ2v) is 8.87. The fourth-order valence-electron chi connectivity index (χ4n) is 2.45. The summed E-state index contributed by atoms with van der Waals surface area (Å²) in [5, 5.41) is 5.74. The Balaban J connectivity index is 3.49. The van der Waals surface area contributed by atoms with Gasteiger partial charge in [-0.3, -0.25) is 0 Å². The molecule has 0 aliphatic carbocycles. The fraction of sp³-hybridized carbons (Fsp3) is 0.824. The summed E-state index contributed by atoms with van der Waals surface area (Å²) in [5.41, 5.74) is 0. The molecule has 24 heavy (non-hydrogen) atoms. The molecule has 0 aliphatic heterocycles. The molecule has 2 N–H and O–H groups in total. The van der Waals surface area contributed by atoms with Crippen molar-refractivity contribution in [2.24, 2.45) is 0 Å². The standard InChI is InChI=1S/C17H36N2O4Si/c1-5-6-7-8-9-10-11-12-14-18-17(20)19-15-13-16-24(21-2,22-3)23-4/h5H,1,6-16H2,2-4H3,(H2,18,19,20). The van der Waals surface area contributed by atoms with E-state index in [1.807, 2.05) is 6.08 Å². The highest BCUT2D eigenvalue weighted by molar-refractivity contribution is 6.60. The first-order chi connectivity index (χ1) is 11.6. The van der Waals surface area contributed by atoms with E-state index in [2.05, 4.69) is 17.2 Å². The molecule has 0 saturated carbocycles. The molecule has 0 bridgehead atoms. The Bertz CT molecular complexity index is 317. The van der Waals surface area contributed by atoms with Crippen LogP contribution in [0.1, 0.15) is 51.4 Å². The average Bonchev–Trinajstić information content (AvgIpc) is 2.61. The maximum Gasteiger partial charge on any atom is 0.500 e. The largest absolute Gasteiger partial charge is 0.500 e. The van der Waals surface area contributed by atoms with Gasteiger partial charge in [0.25, 0.3) is 0 Å². The van der Waals surface area contributed by atoms with Crippen LogP contribution in [0.4, 0.5) is 4.79 Å². The van der Waals surface area contributed by atoms with Gasteiger partial charge in [-0.2, -0.15) is 0 Å². The maximum atomic E-state index is 11.7. The molecule has 0 spiro atoms. The molecule has 2 amide bonds. The van der Waals surface area contributed by atoms with E-state index in [1.165, 1.54) is 25.7 Å². The summed E-state index contributed by atoms with van der Waals surface area (Å²) in [7, 11) is 2.27. The molecule has 0 aromatic carbocycles. The van der Waals surface area contributed by atoms with Crippen LogP contribution in [0.3, 0.4) is 0 Å². The van der Waals surface area contributed by atoms with Gasteiger partial charge in [0, 0.05) is 40.5 Å². The Morgan fingerprint density at radius 3 is 1.92 bits per heavy atom. The molecule has 0 aliphatic rings. The van der Waals surface area contributed by atoms with Crippen LogP contribution in [0.5, 0.6) is 0 Å². The molecule has 0 heterocycles. The molecular formula is C17H36N2O4Si. The van der Waals surface area contributed by atoms with Crippen molar-refractivity contribution in [2.75, 3.05) is 34.4 Å². The van der Waals surface area contributed by atoms with Gasteiger partial charge in [-0.25, -0.2) is 4.79 Å². The first-order valence-electron chi connectivity index (χ1n) is 8.92. The number of carbonyl (C=O) groups is 1. The number of nitrogens with one attached hydrogen (secondary N) is 2. The molecule has 0 rings (SSSR count). The Labute approximate surface area is 148 Å². The van der Waals surface area contributed by atoms with Gasteiger partial charge >= 0.3 is 14.8 Å². The third-order valence-corrected chi connectivity index (χ3v) is 6.83. The minimum atomic E-state index is -2.52. The summed E-state index contributed by atoms with van der Waals surface area (Å²) < 4.78 is 16.0. The van der Waals surface area contributed by atoms with E-state index in [0.717, 1.165) is 32.2 Å². The first kappa shape index (κ1) is 23.1. The van der Waals surface area contributed by atoms with Crippen LogP contribution in [0.2, 0.25) is 6.04 Å². The molecule has 0 saturated heterocycles. The van der Waals surface area contributed by atoms with Gasteiger partial charge in [0.15, 0.2) is 0 Å². The maximum absolute atomic E-state index is 11.7. The van der Waals surface area contributed by atoms with Crippen LogP contribution in [-0.2, 0) is 13.3 Å². The van der Waals surface area contributed by atoms with E-state index in [0.29, 0.717) is 12.6 Å². The lowest BCUT2D eigenvalue weighted by Gasteiger charge is -2.24. The first-order valence-corrected chi connectivity index (χ1v) is 10.9. The number of rotatable bonds is 16.